The van der Waals surface area contributed by atoms with E-state index in [4.69, 9.17) is 0 Å². The first kappa shape index (κ1) is 21.5. The van der Waals surface area contributed by atoms with Gasteiger partial charge in [0.1, 0.15) is 0 Å². The molecule has 1 aliphatic heterocycles. The van der Waals surface area contributed by atoms with E-state index in [1.807, 2.05) is 0 Å². The molecule has 2 aromatic heterocycles. The molecule has 0 radical (unpaired) electrons. The van der Waals surface area contributed by atoms with Gasteiger partial charge in [0.25, 0.3) is 5.56 Å². The predicted molar refractivity (Wildman–Crippen MR) is 109 cm³/mol. The number of aromatic nitrogens is 3. The summed E-state index contributed by atoms with van der Waals surface area (Å²) >= 11 is 0. The molecular weight excluding hydrogens is 409 g/mol. The molecular formula is C22H25F3N4O2. The number of rotatable bonds is 4. The number of nitrogens with zero attached hydrogens (tertiary/aromatic N) is 4. The Hall–Kier alpha value is -2.71. The van der Waals surface area contributed by atoms with E-state index in [9.17, 15) is 22.8 Å². The Morgan fingerprint density at radius 1 is 1.06 bits per heavy atom. The fourth-order valence-corrected chi connectivity index (χ4v) is 4.51. The van der Waals surface area contributed by atoms with Crippen molar-refractivity contribution >= 4 is 11.7 Å². The van der Waals surface area contributed by atoms with Crippen LogP contribution in [0.1, 0.15) is 74.1 Å². The van der Waals surface area contributed by atoms with Gasteiger partial charge in [0.05, 0.1) is 17.8 Å². The van der Waals surface area contributed by atoms with Crippen molar-refractivity contribution in [2.24, 2.45) is 0 Å². The van der Waals surface area contributed by atoms with E-state index < -0.39 is 23.8 Å². The molecule has 0 bridgehead atoms. The van der Waals surface area contributed by atoms with Crippen molar-refractivity contribution in [1.29, 1.82) is 0 Å². The molecule has 6 nitrogen and oxygen atoms in total. The summed E-state index contributed by atoms with van der Waals surface area (Å²) in [6, 6.07) is 3.85. The quantitative estimate of drug-likeness (QED) is 0.721. The molecule has 2 aliphatic rings. The van der Waals surface area contributed by atoms with Crippen LogP contribution in [0.25, 0.3) is 0 Å². The molecule has 2 fully saturated rings. The Morgan fingerprint density at radius 3 is 2.55 bits per heavy atom. The summed E-state index contributed by atoms with van der Waals surface area (Å²) in [5, 5.41) is 4.32. The van der Waals surface area contributed by atoms with Crippen LogP contribution in [-0.4, -0.2) is 27.2 Å². The SMILES string of the molecule is O=C1CCCCN1c1cc(C2CCCCC2)c(=O)n(Cc2ncccc2C(F)(F)F)n1. The Bertz CT molecular complexity index is 1010. The van der Waals surface area contributed by atoms with Crippen LogP contribution in [0.15, 0.2) is 29.2 Å². The molecule has 1 aliphatic carbocycles. The standard InChI is InChI=1S/C22H25F3N4O2/c23-22(24,25)17-9-6-11-26-18(17)14-29-21(31)16(15-7-2-1-3-8-15)13-19(27-29)28-12-5-4-10-20(28)30/h6,9,11,13,15H,1-5,7-8,10,12,14H2. The molecule has 166 valence electrons. The number of carbonyl (C=O) groups is 1. The van der Waals surface area contributed by atoms with Gasteiger partial charge in [-0.1, -0.05) is 19.3 Å². The summed E-state index contributed by atoms with van der Waals surface area (Å²) in [5.41, 5.74) is -1.02. The molecule has 0 atom stereocenters. The number of carbonyl (C=O) groups excluding carboxylic acids is 1. The van der Waals surface area contributed by atoms with E-state index in [-0.39, 0.29) is 17.5 Å². The van der Waals surface area contributed by atoms with Crippen molar-refractivity contribution in [2.75, 3.05) is 11.4 Å². The van der Waals surface area contributed by atoms with Crippen molar-refractivity contribution in [3.63, 3.8) is 0 Å². The van der Waals surface area contributed by atoms with Crippen molar-refractivity contribution in [3.8, 4) is 0 Å². The second kappa shape index (κ2) is 8.80. The van der Waals surface area contributed by atoms with Gasteiger partial charge in [-0.3, -0.25) is 19.5 Å². The highest BCUT2D eigenvalue weighted by molar-refractivity contribution is 5.93. The second-order valence-corrected chi connectivity index (χ2v) is 8.25. The zero-order valence-corrected chi connectivity index (χ0v) is 17.2. The van der Waals surface area contributed by atoms with Gasteiger partial charge in [-0.25, -0.2) is 4.68 Å². The third kappa shape index (κ3) is 4.65. The lowest BCUT2D eigenvalue weighted by molar-refractivity contribution is -0.138. The fraction of sp³-hybridized carbons (Fsp3) is 0.545. The monoisotopic (exact) mass is 434 g/mol. The van der Waals surface area contributed by atoms with Gasteiger partial charge in [-0.15, -0.1) is 0 Å². The summed E-state index contributed by atoms with van der Waals surface area (Å²) in [7, 11) is 0. The highest BCUT2D eigenvalue weighted by Crippen LogP contribution is 2.33. The molecule has 1 saturated heterocycles. The molecule has 3 heterocycles. The first-order chi connectivity index (χ1) is 14.8. The van der Waals surface area contributed by atoms with Crippen LogP contribution in [-0.2, 0) is 17.5 Å². The number of hydrogen-bond acceptors (Lipinski definition) is 4. The number of amides is 1. The third-order valence-corrected chi connectivity index (χ3v) is 6.13. The van der Waals surface area contributed by atoms with Gasteiger partial charge < -0.3 is 0 Å². The van der Waals surface area contributed by atoms with E-state index >= 15 is 0 Å². The number of hydrogen-bond donors (Lipinski definition) is 0. The number of alkyl halides is 3. The number of halogens is 3. The van der Waals surface area contributed by atoms with Crippen LogP contribution in [0.4, 0.5) is 19.0 Å². The summed E-state index contributed by atoms with van der Waals surface area (Å²) in [6.07, 6.45) is 3.53. The zero-order chi connectivity index (χ0) is 22.0. The van der Waals surface area contributed by atoms with Gasteiger partial charge >= 0.3 is 6.18 Å². The maximum absolute atomic E-state index is 13.4. The molecule has 0 spiro atoms. The topological polar surface area (TPSA) is 68.1 Å². The van der Waals surface area contributed by atoms with Gasteiger partial charge in [0.2, 0.25) is 5.91 Å². The smallest absolute Gasteiger partial charge is 0.295 e. The average Bonchev–Trinajstić information content (AvgIpc) is 2.76. The first-order valence-electron chi connectivity index (χ1n) is 10.8. The van der Waals surface area contributed by atoms with Crippen molar-refractivity contribution in [2.45, 2.75) is 70.0 Å². The lowest BCUT2D eigenvalue weighted by atomic mass is 9.84. The third-order valence-electron chi connectivity index (χ3n) is 6.13. The van der Waals surface area contributed by atoms with E-state index in [0.29, 0.717) is 24.3 Å². The fourth-order valence-electron chi connectivity index (χ4n) is 4.51. The molecule has 2 aromatic rings. The molecule has 1 amide bonds. The van der Waals surface area contributed by atoms with Crippen LogP contribution in [0.3, 0.4) is 0 Å². The number of pyridine rings is 1. The number of piperidine rings is 1. The highest BCUT2D eigenvalue weighted by atomic mass is 19.4. The van der Waals surface area contributed by atoms with Crippen LogP contribution in [0.5, 0.6) is 0 Å². The van der Waals surface area contributed by atoms with E-state index in [1.54, 1.807) is 11.0 Å². The maximum atomic E-state index is 13.4. The van der Waals surface area contributed by atoms with Crippen LogP contribution < -0.4 is 10.5 Å². The molecule has 1 saturated carbocycles. The van der Waals surface area contributed by atoms with Crippen LogP contribution in [0, 0.1) is 0 Å². The molecule has 0 aromatic carbocycles. The van der Waals surface area contributed by atoms with E-state index in [1.165, 1.54) is 12.3 Å². The van der Waals surface area contributed by atoms with E-state index in [2.05, 4.69) is 10.1 Å². The molecule has 4 rings (SSSR count). The summed E-state index contributed by atoms with van der Waals surface area (Å²) < 4.78 is 41.4. The van der Waals surface area contributed by atoms with Crippen molar-refractivity contribution in [3.05, 3.63) is 51.6 Å². The normalized spacial score (nSPS) is 18.4. The number of anilines is 1. The van der Waals surface area contributed by atoms with Crippen molar-refractivity contribution < 1.29 is 18.0 Å². The highest BCUT2D eigenvalue weighted by Gasteiger charge is 2.34. The van der Waals surface area contributed by atoms with Gasteiger partial charge in [-0.2, -0.15) is 18.3 Å². The van der Waals surface area contributed by atoms with Crippen LogP contribution >= 0.6 is 0 Å². The molecule has 0 N–H and O–H groups in total. The maximum Gasteiger partial charge on any atom is 0.418 e. The molecule has 0 unspecified atom stereocenters. The first-order valence-corrected chi connectivity index (χ1v) is 10.8. The summed E-state index contributed by atoms with van der Waals surface area (Å²) in [6.45, 7) is 0.0929. The molecule has 9 heteroatoms. The Kier molecular flexibility index (Phi) is 6.11. The predicted octanol–water partition coefficient (Wildman–Crippen LogP) is 4.27. The minimum Gasteiger partial charge on any atom is -0.295 e. The average molecular weight is 434 g/mol. The van der Waals surface area contributed by atoms with Crippen LogP contribution in [0.2, 0.25) is 0 Å². The Balaban J connectivity index is 1.79. The Morgan fingerprint density at radius 2 is 1.84 bits per heavy atom. The van der Waals surface area contributed by atoms with Gasteiger partial charge in [0.15, 0.2) is 5.82 Å². The summed E-state index contributed by atoms with van der Waals surface area (Å²) in [4.78, 5) is 31.1. The second-order valence-electron chi connectivity index (χ2n) is 8.25. The minimum atomic E-state index is -4.58. The van der Waals surface area contributed by atoms with Gasteiger partial charge in [-0.05, 0) is 49.8 Å². The van der Waals surface area contributed by atoms with E-state index in [0.717, 1.165) is 55.7 Å². The molecule has 31 heavy (non-hydrogen) atoms. The van der Waals surface area contributed by atoms with Gasteiger partial charge in [0, 0.05) is 24.7 Å². The lowest BCUT2D eigenvalue weighted by Crippen LogP contribution is -2.39. The summed E-state index contributed by atoms with van der Waals surface area (Å²) in [5.74, 6) is 0.293. The van der Waals surface area contributed by atoms with Crippen molar-refractivity contribution in [1.82, 2.24) is 14.8 Å². The largest absolute Gasteiger partial charge is 0.418 e. The minimum absolute atomic E-state index is 0.0277. The lowest BCUT2D eigenvalue weighted by Gasteiger charge is -2.28. The Labute approximate surface area is 178 Å². The zero-order valence-electron chi connectivity index (χ0n) is 17.2.